The third kappa shape index (κ3) is 18.2. The fourth-order valence-electron chi connectivity index (χ4n) is 5.64. The van der Waals surface area contributed by atoms with Crippen LogP contribution in [-0.2, 0) is 79.7 Å². The van der Waals surface area contributed by atoms with Crippen molar-refractivity contribution in [2.45, 2.75) is 93.6 Å². The number of nitrogens with zero attached hydrogens (tertiary/aromatic N) is 7. The van der Waals surface area contributed by atoms with E-state index in [1.54, 1.807) is 70.5 Å². The summed E-state index contributed by atoms with van der Waals surface area (Å²) >= 11 is 1.000. The number of aryl methyl sites for hydroxylation is 2. The van der Waals surface area contributed by atoms with Crippen molar-refractivity contribution in [2.75, 3.05) is 12.9 Å². The molecule has 2 aromatic heterocycles. The lowest BCUT2D eigenvalue weighted by Crippen LogP contribution is -2.32. The number of esters is 3. The van der Waals surface area contributed by atoms with Gasteiger partial charge in [0.05, 0.1) is 37.0 Å². The van der Waals surface area contributed by atoms with Crippen LogP contribution in [0.4, 0.5) is 4.79 Å². The highest BCUT2D eigenvalue weighted by atomic mass is 32.1. The predicted octanol–water partition coefficient (Wildman–Crippen LogP) is 4.48. The number of imide groups is 1. The SMILES string of the molecule is C#CCOc1cc(CO)ccc1OC(C)=O.CCn1nncc1COc1cc(CO)ccc1OC(C)=O.CCn1nncc1COc1cc(COC(=O)ON2C(=O)CCC2=O)ccc1OC(C)=O.[2H]SC. The van der Waals surface area contributed by atoms with Crippen LogP contribution in [0, 0.1) is 12.3 Å². The summed E-state index contributed by atoms with van der Waals surface area (Å²) in [6.07, 6.45) is 8.71. The zero-order chi connectivity index (χ0) is 52.3. The molecule has 0 bridgehead atoms. The first-order chi connectivity index (χ1) is 34.1. The quantitative estimate of drug-likeness (QED) is 0.0359. The van der Waals surface area contributed by atoms with Gasteiger partial charge >= 0.3 is 24.1 Å². The number of hydrogen-bond donors (Lipinski definition) is 3. The van der Waals surface area contributed by atoms with Gasteiger partial charge in [-0.05, 0) is 73.2 Å². The third-order valence-electron chi connectivity index (χ3n) is 8.74. The van der Waals surface area contributed by atoms with Crippen LogP contribution in [0.15, 0.2) is 67.0 Å². The molecule has 24 heteroatoms. The lowest BCUT2D eigenvalue weighted by molar-refractivity contribution is -0.177. The average Bonchev–Trinajstić information content (AvgIpc) is 4.10. The van der Waals surface area contributed by atoms with Gasteiger partial charge in [-0.15, -0.1) is 16.6 Å². The zero-order valence-corrected chi connectivity index (χ0v) is 40.0. The second-order valence-electron chi connectivity index (χ2n) is 13.8. The van der Waals surface area contributed by atoms with E-state index in [0.29, 0.717) is 63.5 Å². The highest BCUT2D eigenvalue weighted by Crippen LogP contribution is 2.32. The summed E-state index contributed by atoms with van der Waals surface area (Å²) in [5, 5.41) is 34.0. The Hall–Kier alpha value is -8.01. The highest BCUT2D eigenvalue weighted by Gasteiger charge is 2.33. The van der Waals surface area contributed by atoms with Gasteiger partial charge in [0.15, 0.2) is 34.5 Å². The van der Waals surface area contributed by atoms with Gasteiger partial charge in [0.25, 0.3) is 11.8 Å². The highest BCUT2D eigenvalue weighted by molar-refractivity contribution is 7.79. The molecule has 374 valence electrons. The van der Waals surface area contributed by atoms with Crippen LogP contribution in [-0.4, -0.2) is 95.1 Å². The van der Waals surface area contributed by atoms with Crippen LogP contribution in [0.25, 0.3) is 0 Å². The number of benzene rings is 3. The Bertz CT molecular complexity index is 2600. The minimum atomic E-state index is -1.20. The lowest BCUT2D eigenvalue weighted by Gasteiger charge is -2.14. The summed E-state index contributed by atoms with van der Waals surface area (Å²) in [4.78, 5) is 72.7. The van der Waals surface area contributed by atoms with Crippen molar-refractivity contribution in [3.05, 3.63) is 95.1 Å². The van der Waals surface area contributed by atoms with Crippen molar-refractivity contribution >= 4 is 48.4 Å². The fraction of sp³-hybridized carbons (Fsp3) is 0.348. The smallest absolute Gasteiger partial charge is 0.483 e. The Morgan fingerprint density at radius 3 is 1.46 bits per heavy atom. The van der Waals surface area contributed by atoms with E-state index in [9.17, 15) is 33.9 Å². The van der Waals surface area contributed by atoms with Crippen molar-refractivity contribution in [2.24, 2.45) is 0 Å². The van der Waals surface area contributed by atoms with Gasteiger partial charge in [-0.1, -0.05) is 39.6 Å². The number of carbonyl (C=O) groups excluding carboxylic acids is 6. The summed E-state index contributed by atoms with van der Waals surface area (Å²) in [7, 11) is 0. The first-order valence-corrected chi connectivity index (χ1v) is 21.8. The second kappa shape index (κ2) is 29.7. The number of terminal acetylenes is 1. The summed E-state index contributed by atoms with van der Waals surface area (Å²) in [6.45, 7) is 8.97. The van der Waals surface area contributed by atoms with Crippen molar-refractivity contribution in [1.29, 1.82) is 1.12 Å². The Balaban J connectivity index is 0.000000289. The summed E-state index contributed by atoms with van der Waals surface area (Å²) in [5.74, 6) is 1.45. The Kier molecular flexibility index (Phi) is 23.2. The van der Waals surface area contributed by atoms with E-state index < -0.39 is 35.9 Å². The molecule has 0 unspecified atom stereocenters. The first kappa shape index (κ1) is 54.6. The monoisotopic (exact) mass is 992 g/mol. The fourth-order valence-corrected chi connectivity index (χ4v) is 5.64. The standard InChI is InChI=1S/C19H20N4O8.C14H17N3O4.C12H12O4.CH4S/c1-3-22-14(9-20-21-22)11-28-16-8-13(4-5-15(16)30-12(2)24)10-29-19(27)31-23-17(25)6-7-18(23)26;1-3-17-12(7-15-16-17)9-20-14-6-11(8-18)4-5-13(14)21-10(2)19;1-3-6-15-12-7-10(8-13)4-5-11(12)16-9(2)14;1-2/h4-5,8-9H,3,6-7,10-11H2,1-2H3;4-7,18H,3,8-9H2,1-2H3;1,4-5,7,13H,6,8H2,2H3;2H,1H3/i/hD. The number of aromatic nitrogens is 6. The number of rotatable bonds is 18. The molecule has 5 aromatic rings. The van der Waals surface area contributed by atoms with Gasteiger partial charge in [0.1, 0.15) is 27.6 Å². The molecule has 0 saturated carbocycles. The molecule has 0 aliphatic carbocycles. The van der Waals surface area contributed by atoms with E-state index in [2.05, 4.69) is 31.4 Å². The number of thiol groups is 1. The number of hydrogen-bond acceptors (Lipinski definition) is 21. The van der Waals surface area contributed by atoms with Crippen molar-refractivity contribution in [1.82, 2.24) is 35.1 Å². The van der Waals surface area contributed by atoms with Crippen molar-refractivity contribution in [3.8, 4) is 46.8 Å². The lowest BCUT2D eigenvalue weighted by atomic mass is 10.2. The normalized spacial score (nSPS) is 11.4. The molecule has 1 aliphatic rings. The van der Waals surface area contributed by atoms with E-state index in [4.69, 9.17) is 45.8 Å². The van der Waals surface area contributed by atoms with Crippen LogP contribution in [0.5, 0.6) is 34.5 Å². The molecular weight excluding hydrogens is 939 g/mol. The predicted molar refractivity (Wildman–Crippen MR) is 247 cm³/mol. The molecular formula is C46H53N7O16S. The number of carbonyl (C=O) groups is 6. The summed E-state index contributed by atoms with van der Waals surface area (Å²) in [6, 6.07) is 14.2. The molecule has 3 heterocycles. The van der Waals surface area contributed by atoms with Crippen LogP contribution >= 0.6 is 12.5 Å². The number of hydroxylamine groups is 2. The van der Waals surface area contributed by atoms with Gasteiger partial charge in [0, 0.05) is 46.7 Å². The Morgan fingerprint density at radius 2 is 1.07 bits per heavy atom. The van der Waals surface area contributed by atoms with Crippen LogP contribution < -0.4 is 28.4 Å². The minimum absolute atomic E-state index is 0.0170. The molecule has 2 N–H and O–H groups in total. The first-order valence-electron chi connectivity index (χ1n) is 21.4. The molecule has 1 saturated heterocycles. The topological polar surface area (TPSA) is 281 Å². The van der Waals surface area contributed by atoms with E-state index in [1.165, 1.54) is 32.9 Å². The van der Waals surface area contributed by atoms with Crippen molar-refractivity contribution in [3.63, 3.8) is 0 Å². The molecule has 3 aromatic carbocycles. The molecule has 2 amide bonds. The maximum atomic E-state index is 11.8. The largest absolute Gasteiger partial charge is 0.534 e. The Morgan fingerprint density at radius 1 is 0.671 bits per heavy atom. The van der Waals surface area contributed by atoms with E-state index in [-0.39, 0.29) is 64.0 Å². The van der Waals surface area contributed by atoms with Gasteiger partial charge in [-0.2, -0.15) is 12.5 Å². The number of ether oxygens (including phenoxy) is 7. The molecule has 0 spiro atoms. The van der Waals surface area contributed by atoms with E-state index >= 15 is 0 Å². The maximum absolute atomic E-state index is 11.8. The summed E-state index contributed by atoms with van der Waals surface area (Å²) < 4.78 is 46.2. The van der Waals surface area contributed by atoms with E-state index in [1.807, 2.05) is 13.8 Å². The zero-order valence-electron chi connectivity index (χ0n) is 40.1. The third-order valence-corrected chi connectivity index (χ3v) is 8.74. The molecule has 0 atom stereocenters. The van der Waals surface area contributed by atoms with Gasteiger partial charge in [-0.3, -0.25) is 28.8 Å². The molecule has 0 radical (unpaired) electrons. The molecule has 1 aliphatic heterocycles. The van der Waals surface area contributed by atoms with E-state index in [0.717, 1.165) is 18.2 Å². The van der Waals surface area contributed by atoms with Crippen LogP contribution in [0.3, 0.4) is 0 Å². The summed E-state index contributed by atoms with van der Waals surface area (Å²) in [5.41, 5.74) is 3.33. The minimum Gasteiger partial charge on any atom is -0.483 e. The van der Waals surface area contributed by atoms with Gasteiger partial charge < -0.3 is 43.4 Å². The van der Waals surface area contributed by atoms with Crippen LogP contribution in [0.2, 0.25) is 0 Å². The Labute approximate surface area is 408 Å². The van der Waals surface area contributed by atoms with Gasteiger partial charge in [0.2, 0.25) is 0 Å². The molecule has 1 fully saturated rings. The molecule has 23 nitrogen and oxygen atoms in total. The molecule has 6 rings (SSSR count). The number of aliphatic hydroxyl groups is 2. The van der Waals surface area contributed by atoms with Crippen LogP contribution in [0.1, 0.15) is 75.5 Å². The molecule has 70 heavy (non-hydrogen) atoms. The number of amides is 2. The average molecular weight is 993 g/mol. The van der Waals surface area contributed by atoms with Crippen molar-refractivity contribution < 1.29 is 77.0 Å². The van der Waals surface area contributed by atoms with Gasteiger partial charge in [-0.25, -0.2) is 14.2 Å². The maximum Gasteiger partial charge on any atom is 0.534 e. The number of aliphatic hydroxyl groups excluding tert-OH is 2. The second-order valence-corrected chi connectivity index (χ2v) is 13.8.